The Morgan fingerprint density at radius 1 is 0.878 bits per heavy atom. The van der Waals surface area contributed by atoms with Crippen LogP contribution in [0.25, 0.3) is 21.7 Å². The van der Waals surface area contributed by atoms with Crippen LogP contribution in [0.2, 0.25) is 10.0 Å². The smallest absolute Gasteiger partial charge is 0.243 e. The fraction of sp³-hybridized carbons (Fsp3) is 0.219. The summed E-state index contributed by atoms with van der Waals surface area (Å²) in [5, 5.41) is 3.76. The van der Waals surface area contributed by atoms with Crippen LogP contribution in [0.5, 0.6) is 0 Å². The Hall–Kier alpha value is -3.36. The maximum absolute atomic E-state index is 13.9. The molecule has 1 heterocycles. The minimum atomic E-state index is -3.89. The molecule has 6 nitrogen and oxygen atoms in total. The molecule has 0 bridgehead atoms. The topological polar surface area (TPSA) is 73.5 Å². The zero-order valence-corrected chi connectivity index (χ0v) is 24.6. The number of benzene rings is 4. The van der Waals surface area contributed by atoms with Crippen LogP contribution in [0.4, 0.5) is 0 Å². The average Bonchev–Trinajstić information content (AvgIpc) is 3.74. The number of H-pyrrole nitrogens is 1. The number of aromatic amines is 1. The van der Waals surface area contributed by atoms with Gasteiger partial charge >= 0.3 is 0 Å². The number of rotatable bonds is 10. The molecular formula is C32H29Cl2N3O3S. The van der Waals surface area contributed by atoms with Gasteiger partial charge in [-0.05, 0) is 71.5 Å². The van der Waals surface area contributed by atoms with E-state index in [4.69, 9.17) is 23.2 Å². The van der Waals surface area contributed by atoms with E-state index in [2.05, 4.69) is 11.1 Å². The lowest BCUT2D eigenvalue weighted by atomic mass is 10.1. The molecule has 1 aliphatic carbocycles. The molecule has 0 aliphatic heterocycles. The minimum absolute atomic E-state index is 0.184. The van der Waals surface area contributed by atoms with Gasteiger partial charge in [-0.2, -0.15) is 4.31 Å². The second-order valence-corrected chi connectivity index (χ2v) is 13.2. The number of amides is 1. The maximum Gasteiger partial charge on any atom is 0.243 e. The van der Waals surface area contributed by atoms with Crippen LogP contribution in [-0.2, 0) is 27.8 Å². The third-order valence-electron chi connectivity index (χ3n) is 7.61. The van der Waals surface area contributed by atoms with E-state index in [0.29, 0.717) is 23.0 Å². The lowest BCUT2D eigenvalue weighted by molar-refractivity contribution is -0.132. The first kappa shape index (κ1) is 27.8. The number of fused-ring (bicyclic) bond motifs is 2. The van der Waals surface area contributed by atoms with Gasteiger partial charge in [0.15, 0.2) is 0 Å². The molecule has 1 saturated carbocycles. The van der Waals surface area contributed by atoms with E-state index in [-0.39, 0.29) is 29.9 Å². The third kappa shape index (κ3) is 5.99. The summed E-state index contributed by atoms with van der Waals surface area (Å²) in [5.74, 6) is -0.257. The van der Waals surface area contributed by atoms with Gasteiger partial charge in [-0.3, -0.25) is 4.79 Å². The van der Waals surface area contributed by atoms with Crippen LogP contribution in [0.15, 0.2) is 96.0 Å². The van der Waals surface area contributed by atoms with E-state index in [1.54, 1.807) is 29.2 Å². The molecule has 1 aliphatic rings. The molecule has 0 unspecified atom stereocenters. The van der Waals surface area contributed by atoms with E-state index in [1.165, 1.54) is 4.31 Å². The standard InChI is InChI=1S/C32H29Cl2N3O3S/c33-29-14-9-22(17-30(29)34)20-36(16-15-25-19-35-31-8-4-3-7-28(25)31)32(38)21-37(26-11-12-26)41(39,40)27-13-10-23-5-1-2-6-24(23)18-27/h1-10,13-14,17-19,26,35H,11-12,15-16,20-21H2. The molecule has 1 fully saturated rings. The normalized spacial score (nSPS) is 13.7. The molecular weight excluding hydrogens is 577 g/mol. The highest BCUT2D eigenvalue weighted by Crippen LogP contribution is 2.33. The fourth-order valence-electron chi connectivity index (χ4n) is 5.21. The fourth-order valence-corrected chi connectivity index (χ4v) is 7.20. The van der Waals surface area contributed by atoms with Gasteiger partial charge in [0.25, 0.3) is 0 Å². The van der Waals surface area contributed by atoms with Crippen LogP contribution in [0.1, 0.15) is 24.0 Å². The second-order valence-electron chi connectivity index (χ2n) is 10.5. The van der Waals surface area contributed by atoms with Gasteiger partial charge in [-0.1, -0.05) is 77.8 Å². The van der Waals surface area contributed by atoms with Crippen LogP contribution in [0.3, 0.4) is 0 Å². The Labute approximate surface area is 249 Å². The van der Waals surface area contributed by atoms with Crippen LogP contribution in [-0.4, -0.2) is 47.6 Å². The van der Waals surface area contributed by atoms with Crippen molar-refractivity contribution in [3.63, 3.8) is 0 Å². The summed E-state index contributed by atoms with van der Waals surface area (Å²) < 4.78 is 29.1. The van der Waals surface area contributed by atoms with Gasteiger partial charge in [0, 0.05) is 36.2 Å². The molecule has 1 N–H and O–H groups in total. The molecule has 0 spiro atoms. The number of sulfonamides is 1. The van der Waals surface area contributed by atoms with E-state index in [1.807, 2.05) is 60.8 Å². The van der Waals surface area contributed by atoms with Crippen molar-refractivity contribution in [2.75, 3.05) is 13.1 Å². The minimum Gasteiger partial charge on any atom is -0.361 e. The molecule has 1 amide bonds. The van der Waals surface area contributed by atoms with Crippen molar-refractivity contribution in [1.82, 2.24) is 14.2 Å². The molecule has 5 aromatic rings. The lowest BCUT2D eigenvalue weighted by Gasteiger charge is -2.28. The highest BCUT2D eigenvalue weighted by atomic mass is 35.5. The number of carbonyl (C=O) groups is 1. The van der Waals surface area contributed by atoms with E-state index < -0.39 is 10.0 Å². The summed E-state index contributed by atoms with van der Waals surface area (Å²) in [6.07, 6.45) is 4.05. The van der Waals surface area contributed by atoms with Gasteiger partial charge < -0.3 is 9.88 Å². The Morgan fingerprint density at radius 3 is 2.41 bits per heavy atom. The van der Waals surface area contributed by atoms with Crippen molar-refractivity contribution in [3.05, 3.63) is 112 Å². The van der Waals surface area contributed by atoms with Gasteiger partial charge in [0.05, 0.1) is 21.5 Å². The molecule has 1 aromatic heterocycles. The van der Waals surface area contributed by atoms with Crippen LogP contribution in [0, 0.1) is 0 Å². The van der Waals surface area contributed by atoms with Crippen molar-refractivity contribution in [1.29, 1.82) is 0 Å². The van der Waals surface area contributed by atoms with Crippen LogP contribution < -0.4 is 0 Å². The average molecular weight is 607 g/mol. The number of aromatic nitrogens is 1. The summed E-state index contributed by atoms with van der Waals surface area (Å²) >= 11 is 12.4. The number of carbonyl (C=O) groups excluding carboxylic acids is 1. The quantitative estimate of drug-likeness (QED) is 0.185. The summed E-state index contributed by atoms with van der Waals surface area (Å²) in [6, 6.07) is 25.9. The zero-order chi connectivity index (χ0) is 28.6. The van der Waals surface area contributed by atoms with E-state index in [0.717, 1.165) is 45.6 Å². The maximum atomic E-state index is 13.9. The Morgan fingerprint density at radius 2 is 1.63 bits per heavy atom. The third-order valence-corrected chi connectivity index (χ3v) is 10.2. The van der Waals surface area contributed by atoms with Gasteiger partial charge in [-0.15, -0.1) is 0 Å². The molecule has 4 aromatic carbocycles. The van der Waals surface area contributed by atoms with E-state index >= 15 is 0 Å². The molecule has 9 heteroatoms. The highest BCUT2D eigenvalue weighted by Gasteiger charge is 2.40. The van der Waals surface area contributed by atoms with Gasteiger partial charge in [0.2, 0.25) is 15.9 Å². The Balaban J connectivity index is 1.27. The van der Waals surface area contributed by atoms with Gasteiger partial charge in [0.1, 0.15) is 0 Å². The van der Waals surface area contributed by atoms with Crippen LogP contribution >= 0.6 is 23.2 Å². The predicted molar refractivity (Wildman–Crippen MR) is 165 cm³/mol. The zero-order valence-electron chi connectivity index (χ0n) is 22.3. The molecule has 6 rings (SSSR count). The highest BCUT2D eigenvalue weighted by molar-refractivity contribution is 7.89. The Kier molecular flexibility index (Phi) is 7.79. The molecule has 41 heavy (non-hydrogen) atoms. The molecule has 0 atom stereocenters. The van der Waals surface area contributed by atoms with Crippen molar-refractivity contribution in [2.24, 2.45) is 0 Å². The lowest BCUT2D eigenvalue weighted by Crippen LogP contribution is -2.44. The molecule has 0 radical (unpaired) electrons. The number of halogens is 2. The Bertz CT molecular complexity index is 1850. The summed E-state index contributed by atoms with van der Waals surface area (Å²) in [7, 11) is -3.89. The first-order valence-corrected chi connectivity index (χ1v) is 15.8. The van der Waals surface area contributed by atoms with Crippen molar-refractivity contribution >= 4 is 60.8 Å². The summed E-state index contributed by atoms with van der Waals surface area (Å²) in [5.41, 5.74) is 2.95. The monoisotopic (exact) mass is 605 g/mol. The van der Waals surface area contributed by atoms with Crippen molar-refractivity contribution < 1.29 is 13.2 Å². The van der Waals surface area contributed by atoms with E-state index in [9.17, 15) is 13.2 Å². The second kappa shape index (κ2) is 11.5. The van der Waals surface area contributed by atoms with Crippen molar-refractivity contribution in [2.45, 2.75) is 36.7 Å². The first-order valence-electron chi connectivity index (χ1n) is 13.6. The summed E-state index contributed by atoms with van der Waals surface area (Å²) in [4.78, 5) is 19.1. The summed E-state index contributed by atoms with van der Waals surface area (Å²) in [6.45, 7) is 0.469. The number of para-hydroxylation sites is 1. The number of hydrogen-bond acceptors (Lipinski definition) is 3. The number of nitrogens with zero attached hydrogens (tertiary/aromatic N) is 2. The van der Waals surface area contributed by atoms with Gasteiger partial charge in [-0.25, -0.2) is 8.42 Å². The SMILES string of the molecule is O=C(CN(C1CC1)S(=O)(=O)c1ccc2ccccc2c1)N(CCc1c[nH]c2ccccc12)Cc1ccc(Cl)c(Cl)c1. The number of hydrogen-bond donors (Lipinski definition) is 1. The predicted octanol–water partition coefficient (Wildman–Crippen LogP) is 7.05. The largest absolute Gasteiger partial charge is 0.361 e. The molecule has 210 valence electrons. The van der Waals surface area contributed by atoms with Crippen molar-refractivity contribution in [3.8, 4) is 0 Å². The first-order chi connectivity index (χ1) is 19.8. The number of nitrogens with one attached hydrogen (secondary N) is 1. The molecule has 0 saturated heterocycles.